The van der Waals surface area contributed by atoms with E-state index in [0.29, 0.717) is 19.0 Å². The number of likely N-dealkylation sites (tertiary alicyclic amines) is 1. The number of carbonyl (C=O) groups is 1. The first kappa shape index (κ1) is 14.4. The van der Waals surface area contributed by atoms with Gasteiger partial charge in [0.05, 0.1) is 12.2 Å². The van der Waals surface area contributed by atoms with Gasteiger partial charge >= 0.3 is 0 Å². The van der Waals surface area contributed by atoms with Crippen LogP contribution in [0.15, 0.2) is 30.6 Å². The Bertz CT molecular complexity index is 632. The lowest BCUT2D eigenvalue weighted by molar-refractivity contribution is 0.0514. The molecule has 0 spiro atoms. The Morgan fingerprint density at radius 1 is 1.27 bits per heavy atom. The van der Waals surface area contributed by atoms with Crippen LogP contribution in [-0.4, -0.2) is 50.2 Å². The smallest absolute Gasteiger partial charge is 0.291 e. The first-order valence-electron chi connectivity index (χ1n) is 7.25. The third-order valence-corrected chi connectivity index (χ3v) is 3.48. The average Bonchev–Trinajstić information content (AvgIpc) is 2.57. The standard InChI is InChI=1S/C15H17N5O2/c1-11-5-6-13(19-18-11)22-12-4-2-9-20(10-12)15(21)14-16-7-3-8-17-14/h3,5-8,12H,2,4,9-10H2,1H3/t12-/m0/s1. The zero-order valence-corrected chi connectivity index (χ0v) is 12.3. The van der Waals surface area contributed by atoms with E-state index in [-0.39, 0.29) is 17.8 Å². The van der Waals surface area contributed by atoms with E-state index < -0.39 is 0 Å². The minimum atomic E-state index is -0.163. The lowest BCUT2D eigenvalue weighted by atomic mass is 10.1. The molecule has 22 heavy (non-hydrogen) atoms. The van der Waals surface area contributed by atoms with Crippen molar-refractivity contribution in [2.75, 3.05) is 13.1 Å². The predicted octanol–water partition coefficient (Wildman–Crippen LogP) is 1.26. The topological polar surface area (TPSA) is 81.1 Å². The highest BCUT2D eigenvalue weighted by Gasteiger charge is 2.27. The molecule has 0 N–H and O–H groups in total. The highest BCUT2D eigenvalue weighted by molar-refractivity contribution is 5.90. The van der Waals surface area contributed by atoms with Crippen LogP contribution < -0.4 is 4.74 Å². The molecule has 0 saturated carbocycles. The van der Waals surface area contributed by atoms with Gasteiger partial charge in [-0.2, -0.15) is 5.10 Å². The molecular weight excluding hydrogens is 282 g/mol. The summed E-state index contributed by atoms with van der Waals surface area (Å²) in [6, 6.07) is 5.34. The van der Waals surface area contributed by atoms with Crippen LogP contribution in [0.25, 0.3) is 0 Å². The third kappa shape index (κ3) is 3.36. The van der Waals surface area contributed by atoms with E-state index in [0.717, 1.165) is 18.5 Å². The third-order valence-electron chi connectivity index (χ3n) is 3.48. The van der Waals surface area contributed by atoms with E-state index in [4.69, 9.17) is 4.74 Å². The Balaban J connectivity index is 1.64. The van der Waals surface area contributed by atoms with Crippen LogP contribution in [0.4, 0.5) is 0 Å². The first-order valence-corrected chi connectivity index (χ1v) is 7.25. The molecule has 1 saturated heterocycles. The van der Waals surface area contributed by atoms with Crippen LogP contribution in [-0.2, 0) is 0 Å². The molecule has 0 bridgehead atoms. The summed E-state index contributed by atoms with van der Waals surface area (Å²) in [5.74, 6) is 0.544. The van der Waals surface area contributed by atoms with Crippen molar-refractivity contribution in [1.82, 2.24) is 25.1 Å². The van der Waals surface area contributed by atoms with Gasteiger partial charge in [-0.1, -0.05) is 0 Å². The summed E-state index contributed by atoms with van der Waals surface area (Å²) in [5, 5.41) is 7.97. The monoisotopic (exact) mass is 299 g/mol. The summed E-state index contributed by atoms with van der Waals surface area (Å²) in [6.45, 7) is 3.07. The maximum Gasteiger partial charge on any atom is 0.291 e. The molecule has 1 aliphatic rings. The number of aryl methyl sites for hydroxylation is 1. The number of aromatic nitrogens is 4. The van der Waals surface area contributed by atoms with Crippen molar-refractivity contribution in [2.45, 2.75) is 25.9 Å². The van der Waals surface area contributed by atoms with E-state index in [2.05, 4.69) is 20.2 Å². The van der Waals surface area contributed by atoms with E-state index in [1.807, 2.05) is 13.0 Å². The van der Waals surface area contributed by atoms with Crippen LogP contribution in [0.1, 0.15) is 29.2 Å². The number of hydrogen-bond donors (Lipinski definition) is 0. The van der Waals surface area contributed by atoms with Gasteiger partial charge in [0.1, 0.15) is 6.10 Å². The number of nitrogens with zero attached hydrogens (tertiary/aromatic N) is 5. The molecule has 2 aromatic heterocycles. The molecule has 1 aliphatic heterocycles. The fourth-order valence-corrected chi connectivity index (χ4v) is 2.39. The highest BCUT2D eigenvalue weighted by atomic mass is 16.5. The van der Waals surface area contributed by atoms with Crippen molar-refractivity contribution < 1.29 is 9.53 Å². The second-order valence-electron chi connectivity index (χ2n) is 5.22. The Kier molecular flexibility index (Phi) is 4.22. The Hall–Kier alpha value is -2.57. The summed E-state index contributed by atoms with van der Waals surface area (Å²) in [6.07, 6.45) is 4.82. The SMILES string of the molecule is Cc1ccc(O[C@H]2CCCN(C(=O)c3ncccn3)C2)nn1. The molecule has 3 rings (SSSR count). The van der Waals surface area contributed by atoms with Gasteiger partial charge in [-0.05, 0) is 31.9 Å². The van der Waals surface area contributed by atoms with Gasteiger partial charge in [0.2, 0.25) is 11.7 Å². The fourth-order valence-electron chi connectivity index (χ4n) is 2.39. The minimum absolute atomic E-state index is 0.0848. The fraction of sp³-hybridized carbons (Fsp3) is 0.400. The number of rotatable bonds is 3. The number of carbonyl (C=O) groups excluding carboxylic acids is 1. The molecule has 114 valence electrons. The predicted molar refractivity (Wildman–Crippen MR) is 78.4 cm³/mol. The van der Waals surface area contributed by atoms with Gasteiger partial charge in [-0.15, -0.1) is 5.10 Å². The number of ether oxygens (including phenoxy) is 1. The molecule has 1 amide bonds. The van der Waals surface area contributed by atoms with Crippen LogP contribution in [0, 0.1) is 6.92 Å². The van der Waals surface area contributed by atoms with Crippen LogP contribution in [0.2, 0.25) is 0 Å². The lowest BCUT2D eigenvalue weighted by Crippen LogP contribution is -2.45. The molecule has 2 aromatic rings. The second-order valence-corrected chi connectivity index (χ2v) is 5.22. The molecule has 0 aliphatic carbocycles. The van der Waals surface area contributed by atoms with Gasteiger partial charge in [-0.25, -0.2) is 9.97 Å². The zero-order valence-electron chi connectivity index (χ0n) is 12.3. The summed E-state index contributed by atoms with van der Waals surface area (Å²) >= 11 is 0. The van der Waals surface area contributed by atoms with Crippen molar-refractivity contribution in [3.8, 4) is 5.88 Å². The Morgan fingerprint density at radius 3 is 2.82 bits per heavy atom. The molecule has 0 aromatic carbocycles. The molecule has 7 nitrogen and oxygen atoms in total. The van der Waals surface area contributed by atoms with Crippen molar-refractivity contribution >= 4 is 5.91 Å². The largest absolute Gasteiger partial charge is 0.471 e. The quantitative estimate of drug-likeness (QED) is 0.848. The van der Waals surface area contributed by atoms with E-state index in [1.54, 1.807) is 29.4 Å². The van der Waals surface area contributed by atoms with Crippen LogP contribution >= 0.6 is 0 Å². The molecule has 0 unspecified atom stereocenters. The van der Waals surface area contributed by atoms with Crippen LogP contribution in [0.3, 0.4) is 0 Å². The van der Waals surface area contributed by atoms with E-state index >= 15 is 0 Å². The van der Waals surface area contributed by atoms with Gasteiger partial charge < -0.3 is 9.64 Å². The zero-order chi connectivity index (χ0) is 15.4. The summed E-state index contributed by atoms with van der Waals surface area (Å²) < 4.78 is 5.82. The number of hydrogen-bond acceptors (Lipinski definition) is 6. The summed E-state index contributed by atoms with van der Waals surface area (Å²) in [7, 11) is 0. The van der Waals surface area contributed by atoms with E-state index in [1.165, 1.54) is 0 Å². The first-order chi connectivity index (χ1) is 10.7. The van der Waals surface area contributed by atoms with Gasteiger partial charge in [0.25, 0.3) is 5.91 Å². The molecule has 7 heteroatoms. The average molecular weight is 299 g/mol. The van der Waals surface area contributed by atoms with Crippen LogP contribution in [0.5, 0.6) is 5.88 Å². The van der Waals surface area contributed by atoms with Gasteiger partial charge in [0.15, 0.2) is 0 Å². The number of amides is 1. The maximum absolute atomic E-state index is 12.4. The molecule has 1 atom stereocenters. The Morgan fingerprint density at radius 2 is 2.09 bits per heavy atom. The molecule has 3 heterocycles. The molecule has 1 fully saturated rings. The normalized spacial score (nSPS) is 18.0. The molecular formula is C15H17N5O2. The van der Waals surface area contributed by atoms with Gasteiger partial charge in [0, 0.05) is 25.0 Å². The summed E-state index contributed by atoms with van der Waals surface area (Å²) in [4.78, 5) is 22.1. The lowest BCUT2D eigenvalue weighted by Gasteiger charge is -2.32. The maximum atomic E-state index is 12.4. The summed E-state index contributed by atoms with van der Waals surface area (Å²) in [5.41, 5.74) is 0.842. The number of piperidine rings is 1. The van der Waals surface area contributed by atoms with Crippen molar-refractivity contribution in [1.29, 1.82) is 0 Å². The van der Waals surface area contributed by atoms with Crippen molar-refractivity contribution in [3.63, 3.8) is 0 Å². The Labute approximate surface area is 128 Å². The minimum Gasteiger partial charge on any atom is -0.471 e. The van der Waals surface area contributed by atoms with E-state index in [9.17, 15) is 4.79 Å². The van der Waals surface area contributed by atoms with Crippen molar-refractivity contribution in [3.05, 3.63) is 42.1 Å². The van der Waals surface area contributed by atoms with Crippen molar-refractivity contribution in [2.24, 2.45) is 0 Å². The molecule has 0 radical (unpaired) electrons. The second kappa shape index (κ2) is 6.46. The highest BCUT2D eigenvalue weighted by Crippen LogP contribution is 2.17. The van der Waals surface area contributed by atoms with Gasteiger partial charge in [-0.3, -0.25) is 4.79 Å².